The lowest BCUT2D eigenvalue weighted by molar-refractivity contribution is -0.145. The van der Waals surface area contributed by atoms with Gasteiger partial charge in [0.2, 0.25) is 5.91 Å². The lowest BCUT2D eigenvalue weighted by atomic mass is 10.1. The highest BCUT2D eigenvalue weighted by Gasteiger charge is 2.18. The highest BCUT2D eigenvalue weighted by atomic mass is 32.1. The third-order valence-electron chi connectivity index (χ3n) is 4.74. The molecule has 1 amide bonds. The van der Waals surface area contributed by atoms with Crippen LogP contribution < -0.4 is 14.4 Å². The number of hydrogen-bond donors (Lipinski definition) is 0. The van der Waals surface area contributed by atoms with E-state index in [1.54, 1.807) is 22.4 Å². The number of aryl methyl sites for hydroxylation is 1. The topological polar surface area (TPSA) is 78.0 Å². The van der Waals surface area contributed by atoms with Gasteiger partial charge >= 0.3 is 5.97 Å². The van der Waals surface area contributed by atoms with Crippen LogP contribution in [0.1, 0.15) is 38.4 Å². The Hall–Kier alpha value is -3.39. The third-order valence-corrected chi connectivity index (χ3v) is 5.61. The van der Waals surface area contributed by atoms with Crippen molar-refractivity contribution in [2.24, 2.45) is 0 Å². The minimum Gasteiger partial charge on any atom is -0.494 e. The second-order valence-electron chi connectivity index (χ2n) is 7.16. The molecule has 7 nitrogen and oxygen atoms in total. The van der Waals surface area contributed by atoms with Crippen LogP contribution in [0.4, 0.5) is 10.8 Å². The Morgan fingerprint density at radius 2 is 1.64 bits per heavy atom. The number of hydrogen-bond acceptors (Lipinski definition) is 7. The number of ether oxygens (including phenoxy) is 3. The van der Waals surface area contributed by atoms with Gasteiger partial charge in [0.15, 0.2) is 5.13 Å². The van der Waals surface area contributed by atoms with Crippen molar-refractivity contribution in [3.05, 3.63) is 65.2 Å². The van der Waals surface area contributed by atoms with Crippen LogP contribution in [0.25, 0.3) is 0 Å². The van der Waals surface area contributed by atoms with Crippen molar-refractivity contribution in [3.8, 4) is 11.5 Å². The summed E-state index contributed by atoms with van der Waals surface area (Å²) in [6, 6.07) is 15.0. The summed E-state index contributed by atoms with van der Waals surface area (Å²) in [6.07, 6.45) is 1.05. The smallest absolute Gasteiger partial charge is 0.309 e. The Kier molecular flexibility index (Phi) is 8.83. The van der Waals surface area contributed by atoms with Crippen molar-refractivity contribution in [2.45, 2.75) is 40.2 Å². The van der Waals surface area contributed by atoms with Gasteiger partial charge in [-0.1, -0.05) is 19.1 Å². The minimum absolute atomic E-state index is 0.0406. The minimum atomic E-state index is -0.380. The summed E-state index contributed by atoms with van der Waals surface area (Å²) in [5, 5.41) is 2.33. The summed E-state index contributed by atoms with van der Waals surface area (Å²) in [6.45, 7) is 6.36. The summed E-state index contributed by atoms with van der Waals surface area (Å²) in [4.78, 5) is 30.3. The molecule has 0 aliphatic heterocycles. The molecule has 0 saturated carbocycles. The van der Waals surface area contributed by atoms with Crippen LogP contribution >= 0.6 is 11.3 Å². The van der Waals surface area contributed by atoms with Crippen LogP contribution in [-0.2, 0) is 27.4 Å². The number of esters is 1. The Labute approximate surface area is 197 Å². The second kappa shape index (κ2) is 12.0. The van der Waals surface area contributed by atoms with Crippen molar-refractivity contribution < 1.29 is 23.8 Å². The van der Waals surface area contributed by atoms with Gasteiger partial charge in [0.05, 0.1) is 31.0 Å². The average molecular weight is 469 g/mol. The fourth-order valence-electron chi connectivity index (χ4n) is 3.05. The number of carbonyl (C=O) groups is 2. The lowest BCUT2D eigenvalue weighted by Gasteiger charge is -2.18. The maximum Gasteiger partial charge on any atom is 0.309 e. The summed E-state index contributed by atoms with van der Waals surface area (Å²) < 4.78 is 16.3. The van der Waals surface area contributed by atoms with E-state index in [1.165, 1.54) is 23.8 Å². The zero-order chi connectivity index (χ0) is 23.6. The van der Waals surface area contributed by atoms with Gasteiger partial charge in [-0.05, 0) is 55.3 Å². The summed E-state index contributed by atoms with van der Waals surface area (Å²) in [5.41, 5.74) is 2.54. The maximum absolute atomic E-state index is 12.2. The summed E-state index contributed by atoms with van der Waals surface area (Å²) in [5.74, 6) is 0.914. The van der Waals surface area contributed by atoms with Crippen LogP contribution in [0.3, 0.4) is 0 Å². The SMILES string of the molecule is CCOc1ccc(OCCC(=O)OCc2csc(N(C(C)=O)c3ccc(CC)cc3)n2)cc1. The highest BCUT2D eigenvalue weighted by molar-refractivity contribution is 7.14. The molecule has 0 aliphatic rings. The molecule has 174 valence electrons. The van der Waals surface area contributed by atoms with Crippen molar-refractivity contribution in [1.29, 1.82) is 0 Å². The molecule has 0 N–H and O–H groups in total. The molecule has 0 fully saturated rings. The molecule has 33 heavy (non-hydrogen) atoms. The van der Waals surface area contributed by atoms with E-state index in [9.17, 15) is 9.59 Å². The fourth-order valence-corrected chi connectivity index (χ4v) is 3.92. The van der Waals surface area contributed by atoms with E-state index in [0.29, 0.717) is 23.2 Å². The van der Waals surface area contributed by atoms with E-state index in [1.807, 2.05) is 43.3 Å². The molecular weight excluding hydrogens is 440 g/mol. The van der Waals surface area contributed by atoms with Gasteiger partial charge in [0.1, 0.15) is 18.1 Å². The van der Waals surface area contributed by atoms with E-state index in [-0.39, 0.29) is 31.5 Å². The molecule has 0 unspecified atom stereocenters. The van der Waals surface area contributed by atoms with Crippen molar-refractivity contribution in [3.63, 3.8) is 0 Å². The van der Waals surface area contributed by atoms with Crippen molar-refractivity contribution >= 4 is 34.0 Å². The first-order valence-corrected chi connectivity index (χ1v) is 11.7. The van der Waals surface area contributed by atoms with E-state index in [4.69, 9.17) is 14.2 Å². The number of carbonyl (C=O) groups excluding carboxylic acids is 2. The van der Waals surface area contributed by atoms with Crippen molar-refractivity contribution in [1.82, 2.24) is 4.98 Å². The molecule has 0 aliphatic carbocycles. The first-order valence-electron chi connectivity index (χ1n) is 10.9. The number of benzene rings is 2. The molecular formula is C25H28N2O5S. The van der Waals surface area contributed by atoms with E-state index in [0.717, 1.165) is 17.9 Å². The molecule has 0 spiro atoms. The molecule has 0 bridgehead atoms. The molecule has 0 saturated heterocycles. The molecule has 8 heteroatoms. The van der Waals surface area contributed by atoms with E-state index in [2.05, 4.69) is 11.9 Å². The highest BCUT2D eigenvalue weighted by Crippen LogP contribution is 2.29. The Morgan fingerprint density at radius 1 is 0.970 bits per heavy atom. The molecule has 0 radical (unpaired) electrons. The van der Waals surface area contributed by atoms with Gasteiger partial charge in [-0.25, -0.2) is 4.98 Å². The van der Waals surface area contributed by atoms with E-state index >= 15 is 0 Å². The average Bonchev–Trinajstić information content (AvgIpc) is 3.28. The molecule has 2 aromatic carbocycles. The van der Waals surface area contributed by atoms with Crippen molar-refractivity contribution in [2.75, 3.05) is 18.1 Å². The van der Waals surface area contributed by atoms with Gasteiger partial charge in [0.25, 0.3) is 0 Å². The number of rotatable bonds is 11. The van der Waals surface area contributed by atoms with Gasteiger partial charge in [-0.3, -0.25) is 14.5 Å². The Balaban J connectivity index is 1.48. The molecule has 1 heterocycles. The number of aromatic nitrogens is 1. The summed E-state index contributed by atoms with van der Waals surface area (Å²) >= 11 is 1.33. The quantitative estimate of drug-likeness (QED) is 0.355. The van der Waals surface area contributed by atoms with Gasteiger partial charge in [0, 0.05) is 12.3 Å². The monoisotopic (exact) mass is 468 g/mol. The zero-order valence-corrected chi connectivity index (χ0v) is 19.9. The molecule has 3 rings (SSSR count). The largest absolute Gasteiger partial charge is 0.494 e. The Bertz CT molecular complexity index is 1050. The lowest BCUT2D eigenvalue weighted by Crippen LogP contribution is -2.22. The van der Waals surface area contributed by atoms with Crippen LogP contribution in [0.15, 0.2) is 53.9 Å². The number of thiazole rings is 1. The standard InChI is InChI=1S/C25H28N2O5S/c1-4-19-6-8-21(9-7-19)27(18(3)28)25-26-20(17-33-25)16-32-24(29)14-15-31-23-12-10-22(11-13-23)30-5-2/h6-13,17H,4-5,14-16H2,1-3H3. The number of amides is 1. The van der Waals surface area contributed by atoms with Gasteiger partial charge in [-0.2, -0.15) is 0 Å². The van der Waals surface area contributed by atoms with Crippen LogP contribution in [0, 0.1) is 0 Å². The first-order chi connectivity index (χ1) is 16.0. The predicted molar refractivity (Wildman–Crippen MR) is 128 cm³/mol. The van der Waals surface area contributed by atoms with Crippen LogP contribution in [0.5, 0.6) is 11.5 Å². The fraction of sp³-hybridized carbons (Fsp3) is 0.320. The molecule has 1 aromatic heterocycles. The molecule has 0 atom stereocenters. The Morgan fingerprint density at radius 3 is 2.24 bits per heavy atom. The van der Waals surface area contributed by atoms with Gasteiger partial charge in [-0.15, -0.1) is 11.3 Å². The normalized spacial score (nSPS) is 10.5. The van der Waals surface area contributed by atoms with E-state index < -0.39 is 0 Å². The molecule has 3 aromatic rings. The second-order valence-corrected chi connectivity index (χ2v) is 8.00. The summed E-state index contributed by atoms with van der Waals surface area (Å²) in [7, 11) is 0. The number of anilines is 2. The maximum atomic E-state index is 12.2. The van der Waals surface area contributed by atoms with Crippen LogP contribution in [-0.4, -0.2) is 30.1 Å². The van der Waals surface area contributed by atoms with Crippen LogP contribution in [0.2, 0.25) is 0 Å². The predicted octanol–water partition coefficient (Wildman–Crippen LogP) is 5.30. The third kappa shape index (κ3) is 7.05. The number of nitrogens with zero attached hydrogens (tertiary/aromatic N) is 2. The first kappa shape index (κ1) is 24.3. The zero-order valence-electron chi connectivity index (χ0n) is 19.1. The van der Waals surface area contributed by atoms with Gasteiger partial charge < -0.3 is 14.2 Å².